The second-order valence-corrected chi connectivity index (χ2v) is 5.15. The van der Waals surface area contributed by atoms with Gasteiger partial charge in [-0.3, -0.25) is 9.89 Å². The number of nitrogens with two attached hydrogens (primary N) is 1. The number of ether oxygens (including phenoxy) is 1. The van der Waals surface area contributed by atoms with E-state index >= 15 is 0 Å². The third kappa shape index (κ3) is 6.19. The van der Waals surface area contributed by atoms with E-state index in [4.69, 9.17) is 10.5 Å². The van der Waals surface area contributed by atoms with Gasteiger partial charge in [0, 0.05) is 25.3 Å². The van der Waals surface area contributed by atoms with Crippen LogP contribution in [0.5, 0.6) is 0 Å². The number of anilines is 1. The van der Waals surface area contributed by atoms with Crippen LogP contribution in [0, 0.1) is 13.8 Å². The van der Waals surface area contributed by atoms with Gasteiger partial charge in [0.25, 0.3) is 0 Å². The van der Waals surface area contributed by atoms with Crippen molar-refractivity contribution in [3.8, 4) is 0 Å². The van der Waals surface area contributed by atoms with Crippen LogP contribution in [0.25, 0.3) is 0 Å². The van der Waals surface area contributed by atoms with Gasteiger partial charge in [0.2, 0.25) is 0 Å². The molecule has 0 atom stereocenters. The maximum absolute atomic E-state index is 5.91. The Morgan fingerprint density at radius 1 is 1.29 bits per heavy atom. The van der Waals surface area contributed by atoms with Crippen LogP contribution in [0.4, 0.5) is 5.69 Å². The third-order valence-corrected chi connectivity index (χ3v) is 3.58. The van der Waals surface area contributed by atoms with Crippen molar-refractivity contribution in [3.63, 3.8) is 0 Å². The molecule has 1 aliphatic rings. The lowest BCUT2D eigenvalue weighted by Crippen LogP contribution is -2.38. The number of morpholine rings is 1. The predicted molar refractivity (Wildman–Crippen MR) is 98.7 cm³/mol. The molecule has 1 heterocycles. The van der Waals surface area contributed by atoms with Crippen molar-refractivity contribution in [1.29, 1.82) is 0 Å². The summed E-state index contributed by atoms with van der Waals surface area (Å²) in [5, 5.41) is 3.13. The smallest absolute Gasteiger partial charge is 0.193 e. The molecular formula is C15H25IN4O. The molecule has 0 amide bonds. The summed E-state index contributed by atoms with van der Waals surface area (Å²) in [6, 6.07) is 6.19. The molecular weight excluding hydrogens is 379 g/mol. The minimum Gasteiger partial charge on any atom is -0.379 e. The van der Waals surface area contributed by atoms with E-state index < -0.39 is 0 Å². The highest BCUT2D eigenvalue weighted by Crippen LogP contribution is 2.13. The van der Waals surface area contributed by atoms with E-state index in [1.807, 2.05) is 6.07 Å². The van der Waals surface area contributed by atoms with Crippen LogP contribution in [-0.2, 0) is 4.74 Å². The van der Waals surface area contributed by atoms with Gasteiger partial charge in [0.05, 0.1) is 19.8 Å². The van der Waals surface area contributed by atoms with Crippen molar-refractivity contribution in [3.05, 3.63) is 29.3 Å². The van der Waals surface area contributed by atoms with E-state index in [2.05, 4.69) is 41.2 Å². The molecule has 0 spiro atoms. The summed E-state index contributed by atoms with van der Waals surface area (Å²) in [6.45, 7) is 9.44. The fourth-order valence-corrected chi connectivity index (χ4v) is 2.14. The Hall–Kier alpha value is -0.860. The van der Waals surface area contributed by atoms with Crippen molar-refractivity contribution < 1.29 is 4.74 Å². The normalized spacial score (nSPS) is 16.4. The number of aryl methyl sites for hydroxylation is 2. The van der Waals surface area contributed by atoms with Crippen LogP contribution in [-0.4, -0.2) is 50.3 Å². The van der Waals surface area contributed by atoms with Crippen LogP contribution in [0.2, 0.25) is 0 Å². The van der Waals surface area contributed by atoms with Crippen molar-refractivity contribution in [2.45, 2.75) is 13.8 Å². The first-order valence-electron chi connectivity index (χ1n) is 7.09. The van der Waals surface area contributed by atoms with Gasteiger partial charge in [-0.15, -0.1) is 24.0 Å². The zero-order valence-electron chi connectivity index (χ0n) is 12.8. The number of benzene rings is 1. The number of guanidine groups is 1. The fraction of sp³-hybridized carbons (Fsp3) is 0.533. The maximum Gasteiger partial charge on any atom is 0.193 e. The van der Waals surface area contributed by atoms with Gasteiger partial charge in [0.15, 0.2) is 5.96 Å². The topological polar surface area (TPSA) is 62.9 Å². The summed E-state index contributed by atoms with van der Waals surface area (Å²) < 4.78 is 5.31. The first kappa shape index (κ1) is 18.2. The Kier molecular flexibility index (Phi) is 7.98. The molecule has 0 saturated carbocycles. The number of halogens is 1. The first-order chi connectivity index (χ1) is 9.65. The summed E-state index contributed by atoms with van der Waals surface area (Å²) in [5.74, 6) is 0.474. The summed E-state index contributed by atoms with van der Waals surface area (Å²) >= 11 is 0. The van der Waals surface area contributed by atoms with Gasteiger partial charge in [-0.25, -0.2) is 0 Å². The van der Waals surface area contributed by atoms with E-state index in [1.54, 1.807) is 0 Å². The van der Waals surface area contributed by atoms with Gasteiger partial charge >= 0.3 is 0 Å². The zero-order chi connectivity index (χ0) is 14.4. The van der Waals surface area contributed by atoms with Gasteiger partial charge in [-0.2, -0.15) is 0 Å². The van der Waals surface area contributed by atoms with Crippen LogP contribution in [0.3, 0.4) is 0 Å². The quantitative estimate of drug-likeness (QED) is 0.458. The number of rotatable bonds is 4. The molecule has 0 unspecified atom stereocenters. The number of hydrogen-bond acceptors (Lipinski definition) is 3. The lowest BCUT2D eigenvalue weighted by molar-refractivity contribution is 0.0394. The molecule has 5 nitrogen and oxygen atoms in total. The van der Waals surface area contributed by atoms with Crippen molar-refractivity contribution >= 4 is 35.6 Å². The van der Waals surface area contributed by atoms with Crippen molar-refractivity contribution in [2.75, 3.05) is 44.7 Å². The minimum atomic E-state index is 0. The molecule has 21 heavy (non-hydrogen) atoms. The molecule has 0 aliphatic carbocycles. The van der Waals surface area contributed by atoms with Crippen LogP contribution in [0.1, 0.15) is 11.1 Å². The molecule has 0 radical (unpaired) electrons. The number of nitrogens with one attached hydrogen (secondary N) is 1. The maximum atomic E-state index is 5.91. The van der Waals surface area contributed by atoms with Gasteiger partial charge in [-0.1, -0.05) is 6.07 Å². The van der Waals surface area contributed by atoms with Gasteiger partial charge in [-0.05, 0) is 37.1 Å². The Balaban J connectivity index is 0.00000220. The third-order valence-electron chi connectivity index (χ3n) is 3.58. The molecule has 6 heteroatoms. The molecule has 1 saturated heterocycles. The highest BCUT2D eigenvalue weighted by Gasteiger charge is 2.08. The van der Waals surface area contributed by atoms with Crippen molar-refractivity contribution in [1.82, 2.24) is 4.90 Å². The average Bonchev–Trinajstić information content (AvgIpc) is 2.44. The number of aliphatic imine (C=N–C) groups is 1. The Morgan fingerprint density at radius 3 is 2.67 bits per heavy atom. The molecule has 0 bridgehead atoms. The molecule has 2 rings (SSSR count). The second-order valence-electron chi connectivity index (χ2n) is 5.15. The van der Waals surface area contributed by atoms with Crippen LogP contribution >= 0.6 is 24.0 Å². The van der Waals surface area contributed by atoms with Crippen LogP contribution < -0.4 is 11.1 Å². The van der Waals surface area contributed by atoms with Crippen molar-refractivity contribution in [2.24, 2.45) is 10.7 Å². The monoisotopic (exact) mass is 404 g/mol. The lowest BCUT2D eigenvalue weighted by atomic mass is 10.1. The fourth-order valence-electron chi connectivity index (χ4n) is 2.14. The lowest BCUT2D eigenvalue weighted by Gasteiger charge is -2.25. The van der Waals surface area contributed by atoms with E-state index in [1.165, 1.54) is 11.1 Å². The van der Waals surface area contributed by atoms with E-state index in [-0.39, 0.29) is 24.0 Å². The van der Waals surface area contributed by atoms with Crippen LogP contribution in [0.15, 0.2) is 23.2 Å². The first-order valence-corrected chi connectivity index (χ1v) is 7.09. The Labute approximate surface area is 144 Å². The molecule has 1 fully saturated rings. The number of hydrogen-bond donors (Lipinski definition) is 2. The van der Waals surface area contributed by atoms with E-state index in [0.29, 0.717) is 12.5 Å². The Morgan fingerprint density at radius 2 is 2.00 bits per heavy atom. The largest absolute Gasteiger partial charge is 0.379 e. The summed E-state index contributed by atoms with van der Waals surface area (Å²) in [4.78, 5) is 6.71. The predicted octanol–water partition coefficient (Wildman–Crippen LogP) is 1.98. The molecule has 1 aromatic rings. The molecule has 1 aliphatic heterocycles. The highest BCUT2D eigenvalue weighted by atomic mass is 127. The zero-order valence-corrected chi connectivity index (χ0v) is 15.1. The van der Waals surface area contributed by atoms with Gasteiger partial charge in [0.1, 0.15) is 0 Å². The summed E-state index contributed by atoms with van der Waals surface area (Å²) in [7, 11) is 0. The Bertz CT molecular complexity index is 473. The molecule has 3 N–H and O–H groups in total. The molecule has 1 aromatic carbocycles. The van der Waals surface area contributed by atoms with E-state index in [9.17, 15) is 0 Å². The molecule has 0 aromatic heterocycles. The van der Waals surface area contributed by atoms with E-state index in [0.717, 1.165) is 38.5 Å². The summed E-state index contributed by atoms with van der Waals surface area (Å²) in [6.07, 6.45) is 0. The molecule has 118 valence electrons. The highest BCUT2D eigenvalue weighted by molar-refractivity contribution is 14.0. The van der Waals surface area contributed by atoms with Gasteiger partial charge < -0.3 is 15.8 Å². The minimum absolute atomic E-state index is 0. The summed E-state index contributed by atoms with van der Waals surface area (Å²) in [5.41, 5.74) is 9.41. The average molecular weight is 404 g/mol. The SMILES string of the molecule is Cc1ccc(NC(N)=NCCN2CCOCC2)cc1C.I. The second kappa shape index (κ2) is 9.22. The number of nitrogens with zero attached hydrogens (tertiary/aromatic N) is 2. The standard InChI is InChI=1S/C15H24N4O.HI/c1-12-3-4-14(11-13(12)2)18-15(16)17-5-6-19-7-9-20-10-8-19;/h3-4,11H,5-10H2,1-2H3,(H3,16,17,18);1H.